The van der Waals surface area contributed by atoms with Gasteiger partial charge in [0.15, 0.2) is 11.5 Å². The highest BCUT2D eigenvalue weighted by Crippen LogP contribution is 2.26. The number of rotatable bonds is 5. The van der Waals surface area contributed by atoms with Crippen molar-refractivity contribution in [3.05, 3.63) is 36.9 Å². The molecule has 0 aromatic heterocycles. The molecule has 0 spiro atoms. The van der Waals surface area contributed by atoms with Crippen molar-refractivity contribution in [3.8, 4) is 11.5 Å². The molecule has 0 amide bonds. The molecule has 0 saturated carbocycles. The molecule has 0 saturated heterocycles. The highest BCUT2D eigenvalue weighted by molar-refractivity contribution is 5.83. The van der Waals surface area contributed by atoms with Crippen molar-refractivity contribution in [2.45, 2.75) is 13.3 Å². The fraction of sp³-hybridized carbons (Fsp3) is 0.250. The second-order valence-electron chi connectivity index (χ2n) is 2.92. The van der Waals surface area contributed by atoms with Crippen molar-refractivity contribution in [2.24, 2.45) is 0 Å². The number of carbonyl (C=O) groups is 1. The Morgan fingerprint density at radius 3 is 2.67 bits per heavy atom. The minimum atomic E-state index is -0.484. The van der Waals surface area contributed by atoms with Crippen LogP contribution in [0.3, 0.4) is 0 Å². The van der Waals surface area contributed by atoms with Crippen molar-refractivity contribution in [1.29, 1.82) is 0 Å². The predicted octanol–water partition coefficient (Wildman–Crippen LogP) is 2.57. The first kappa shape index (κ1) is 11.3. The summed E-state index contributed by atoms with van der Waals surface area (Å²) in [5.41, 5.74) is 0. The lowest BCUT2D eigenvalue weighted by Crippen LogP contribution is -2.05. The second-order valence-corrected chi connectivity index (χ2v) is 2.92. The van der Waals surface area contributed by atoms with E-state index in [9.17, 15) is 4.79 Å². The van der Waals surface area contributed by atoms with E-state index < -0.39 is 5.97 Å². The zero-order valence-electron chi connectivity index (χ0n) is 8.73. The van der Waals surface area contributed by atoms with Crippen LogP contribution in [0.4, 0.5) is 0 Å². The van der Waals surface area contributed by atoms with Crippen LogP contribution in [-0.2, 0) is 4.79 Å². The van der Waals surface area contributed by atoms with Gasteiger partial charge in [-0.1, -0.05) is 25.6 Å². The summed E-state index contributed by atoms with van der Waals surface area (Å²) in [6, 6.07) is 7.06. The van der Waals surface area contributed by atoms with Crippen molar-refractivity contribution in [2.75, 3.05) is 6.61 Å². The molecule has 3 nitrogen and oxygen atoms in total. The molecule has 0 aliphatic carbocycles. The van der Waals surface area contributed by atoms with Crippen LogP contribution in [0.25, 0.3) is 0 Å². The van der Waals surface area contributed by atoms with Crippen molar-refractivity contribution in [3.63, 3.8) is 0 Å². The summed E-state index contributed by atoms with van der Waals surface area (Å²) in [4.78, 5) is 11.0. The molecule has 15 heavy (non-hydrogen) atoms. The minimum absolute atomic E-state index is 0.427. The van der Waals surface area contributed by atoms with Crippen LogP contribution in [0.15, 0.2) is 36.9 Å². The lowest BCUT2D eigenvalue weighted by Gasteiger charge is -2.09. The molecular formula is C12H14O3. The molecule has 0 aliphatic heterocycles. The normalized spacial score (nSPS) is 9.40. The molecular weight excluding hydrogens is 192 g/mol. The Balaban J connectivity index is 2.76. The summed E-state index contributed by atoms with van der Waals surface area (Å²) >= 11 is 0. The summed E-state index contributed by atoms with van der Waals surface area (Å²) in [6.45, 7) is 5.95. The number of ether oxygens (including phenoxy) is 2. The number of carbonyl (C=O) groups excluding carboxylic acids is 1. The zero-order valence-corrected chi connectivity index (χ0v) is 8.73. The van der Waals surface area contributed by atoms with Gasteiger partial charge in [-0.2, -0.15) is 0 Å². The number of hydrogen-bond acceptors (Lipinski definition) is 3. The molecule has 0 atom stereocenters. The standard InChI is InChI=1S/C12H14O3/c1-3-9-14-10-7-5-6-8-11(10)15-12(13)4-2/h4-8H,2-3,9H2,1H3. The minimum Gasteiger partial charge on any atom is -0.490 e. The van der Waals surface area contributed by atoms with E-state index >= 15 is 0 Å². The highest BCUT2D eigenvalue weighted by atomic mass is 16.6. The van der Waals surface area contributed by atoms with Crippen LogP contribution in [0.5, 0.6) is 11.5 Å². The number of hydrogen-bond donors (Lipinski definition) is 0. The van der Waals surface area contributed by atoms with E-state index in [2.05, 4.69) is 6.58 Å². The average molecular weight is 206 g/mol. The summed E-state index contributed by atoms with van der Waals surface area (Å²) in [7, 11) is 0. The van der Waals surface area contributed by atoms with Gasteiger partial charge < -0.3 is 9.47 Å². The van der Waals surface area contributed by atoms with Crippen molar-refractivity contribution in [1.82, 2.24) is 0 Å². The lowest BCUT2D eigenvalue weighted by atomic mass is 10.3. The van der Waals surface area contributed by atoms with E-state index in [4.69, 9.17) is 9.47 Å². The molecule has 1 rings (SSSR count). The largest absolute Gasteiger partial charge is 0.490 e. The van der Waals surface area contributed by atoms with Gasteiger partial charge in [-0.05, 0) is 18.6 Å². The van der Waals surface area contributed by atoms with Crippen LogP contribution in [0.2, 0.25) is 0 Å². The fourth-order valence-corrected chi connectivity index (χ4v) is 1.02. The maximum atomic E-state index is 11.0. The molecule has 0 fully saturated rings. The van der Waals surface area contributed by atoms with Crippen LogP contribution in [0.1, 0.15) is 13.3 Å². The van der Waals surface area contributed by atoms with E-state index in [0.717, 1.165) is 12.5 Å². The Labute approximate surface area is 89.3 Å². The van der Waals surface area contributed by atoms with Gasteiger partial charge in [0, 0.05) is 6.08 Å². The first-order chi connectivity index (χ1) is 7.27. The van der Waals surface area contributed by atoms with Gasteiger partial charge in [-0.25, -0.2) is 4.79 Å². The summed E-state index contributed by atoms with van der Waals surface area (Å²) in [5.74, 6) is 0.521. The quantitative estimate of drug-likeness (QED) is 0.422. The van der Waals surface area contributed by atoms with Crippen molar-refractivity contribution >= 4 is 5.97 Å². The molecule has 1 aromatic rings. The van der Waals surface area contributed by atoms with Crippen molar-refractivity contribution < 1.29 is 14.3 Å². The van der Waals surface area contributed by atoms with Crippen LogP contribution in [-0.4, -0.2) is 12.6 Å². The van der Waals surface area contributed by atoms with Crippen LogP contribution in [0, 0.1) is 0 Å². The molecule has 0 radical (unpaired) electrons. The first-order valence-corrected chi connectivity index (χ1v) is 4.84. The van der Waals surface area contributed by atoms with Gasteiger partial charge in [0.25, 0.3) is 0 Å². The molecule has 80 valence electrons. The maximum Gasteiger partial charge on any atom is 0.335 e. The second kappa shape index (κ2) is 5.86. The Hall–Kier alpha value is -1.77. The Kier molecular flexibility index (Phi) is 4.41. The SMILES string of the molecule is C=CC(=O)Oc1ccccc1OCCC. The smallest absolute Gasteiger partial charge is 0.335 e. The van der Waals surface area contributed by atoms with Gasteiger partial charge in [0.1, 0.15) is 0 Å². The van der Waals surface area contributed by atoms with E-state index in [1.807, 2.05) is 13.0 Å². The van der Waals surface area contributed by atoms with E-state index in [1.165, 1.54) is 0 Å². The predicted molar refractivity (Wildman–Crippen MR) is 58.1 cm³/mol. The molecule has 0 bridgehead atoms. The molecule has 3 heteroatoms. The monoisotopic (exact) mass is 206 g/mol. The summed E-state index contributed by atoms with van der Waals surface area (Å²) in [6.07, 6.45) is 2.03. The van der Waals surface area contributed by atoms with Gasteiger partial charge in [-0.3, -0.25) is 0 Å². The average Bonchev–Trinajstić information content (AvgIpc) is 2.28. The van der Waals surface area contributed by atoms with E-state index in [-0.39, 0.29) is 0 Å². The Bertz CT molecular complexity index is 344. The molecule has 1 aromatic carbocycles. The van der Waals surface area contributed by atoms with Gasteiger partial charge in [-0.15, -0.1) is 0 Å². The maximum absolute atomic E-state index is 11.0. The van der Waals surface area contributed by atoms with E-state index in [1.54, 1.807) is 18.2 Å². The number of benzene rings is 1. The Morgan fingerprint density at radius 2 is 2.07 bits per heavy atom. The topological polar surface area (TPSA) is 35.5 Å². The summed E-state index contributed by atoms with van der Waals surface area (Å²) < 4.78 is 10.4. The van der Waals surface area contributed by atoms with E-state index in [0.29, 0.717) is 18.1 Å². The molecule has 0 unspecified atom stereocenters. The molecule has 0 heterocycles. The highest BCUT2D eigenvalue weighted by Gasteiger charge is 2.06. The van der Waals surface area contributed by atoms with Crippen LogP contribution < -0.4 is 9.47 Å². The van der Waals surface area contributed by atoms with Gasteiger partial charge >= 0.3 is 5.97 Å². The van der Waals surface area contributed by atoms with Gasteiger partial charge in [0.2, 0.25) is 0 Å². The third-order valence-corrected chi connectivity index (χ3v) is 1.69. The first-order valence-electron chi connectivity index (χ1n) is 4.84. The summed E-state index contributed by atoms with van der Waals surface area (Å²) in [5, 5.41) is 0. The lowest BCUT2D eigenvalue weighted by molar-refractivity contribution is -0.129. The number of para-hydroxylation sites is 2. The Morgan fingerprint density at radius 1 is 1.40 bits per heavy atom. The zero-order chi connectivity index (χ0) is 11.1. The molecule has 0 N–H and O–H groups in total. The third kappa shape index (κ3) is 3.46. The third-order valence-electron chi connectivity index (χ3n) is 1.69. The molecule has 0 aliphatic rings. The van der Waals surface area contributed by atoms with Gasteiger partial charge in [0.05, 0.1) is 6.61 Å². The van der Waals surface area contributed by atoms with Crippen LogP contribution >= 0.6 is 0 Å². The number of esters is 1. The fourth-order valence-electron chi connectivity index (χ4n) is 1.02.